The Balaban J connectivity index is 2.21. The van der Waals surface area contributed by atoms with Crippen molar-refractivity contribution in [2.24, 2.45) is 0 Å². The summed E-state index contributed by atoms with van der Waals surface area (Å²) in [5.74, 6) is 0.457. The first-order valence-corrected chi connectivity index (χ1v) is 9.27. The highest BCUT2D eigenvalue weighted by molar-refractivity contribution is 7.89. The molecule has 7 heteroatoms. The van der Waals surface area contributed by atoms with Crippen LogP contribution in [0.1, 0.15) is 25.5 Å². The summed E-state index contributed by atoms with van der Waals surface area (Å²) in [7, 11) is -3.69. The number of halogens is 2. The molecule has 1 atom stereocenters. The van der Waals surface area contributed by atoms with E-state index in [2.05, 4.69) is 4.72 Å². The molecule has 0 bridgehead atoms. The second kappa shape index (κ2) is 7.53. The van der Waals surface area contributed by atoms with Crippen LogP contribution in [0.2, 0.25) is 10.0 Å². The molecule has 2 aromatic carbocycles. The Morgan fingerprint density at radius 3 is 2.35 bits per heavy atom. The highest BCUT2D eigenvalue weighted by Crippen LogP contribution is 2.28. The summed E-state index contributed by atoms with van der Waals surface area (Å²) in [6.07, 6.45) is 0. The first-order chi connectivity index (χ1) is 10.8. The molecule has 0 heterocycles. The number of benzene rings is 2. The standard InChI is InChI=1S/C16H17Cl2NO3S/c1-3-22-16-9-8-14(10-15(16)18)23(20,21)19-11(2)12-4-6-13(17)7-5-12/h4-11,19H,3H2,1-2H3/t11-/m0/s1. The molecular formula is C16H17Cl2NO3S. The van der Waals surface area contributed by atoms with Crippen LogP contribution in [0.5, 0.6) is 5.75 Å². The maximum Gasteiger partial charge on any atom is 0.241 e. The first-order valence-electron chi connectivity index (χ1n) is 7.03. The van der Waals surface area contributed by atoms with Gasteiger partial charge in [-0.3, -0.25) is 0 Å². The van der Waals surface area contributed by atoms with E-state index >= 15 is 0 Å². The summed E-state index contributed by atoms with van der Waals surface area (Å²) in [5.41, 5.74) is 0.815. The molecule has 0 aliphatic rings. The lowest BCUT2D eigenvalue weighted by Gasteiger charge is -2.15. The molecule has 2 aromatic rings. The van der Waals surface area contributed by atoms with Crippen molar-refractivity contribution in [3.63, 3.8) is 0 Å². The second-order valence-corrected chi connectivity index (χ2v) is 7.48. The lowest BCUT2D eigenvalue weighted by atomic mass is 10.1. The van der Waals surface area contributed by atoms with E-state index < -0.39 is 16.1 Å². The Bertz CT molecular complexity index is 776. The van der Waals surface area contributed by atoms with Gasteiger partial charge in [0.25, 0.3) is 0 Å². The van der Waals surface area contributed by atoms with Crippen molar-refractivity contribution in [3.8, 4) is 5.75 Å². The molecule has 0 saturated carbocycles. The van der Waals surface area contributed by atoms with Gasteiger partial charge < -0.3 is 4.74 Å². The maximum atomic E-state index is 12.5. The van der Waals surface area contributed by atoms with E-state index in [1.807, 2.05) is 6.92 Å². The van der Waals surface area contributed by atoms with Crippen molar-refractivity contribution in [2.45, 2.75) is 24.8 Å². The minimum absolute atomic E-state index is 0.0896. The van der Waals surface area contributed by atoms with Crippen molar-refractivity contribution in [3.05, 3.63) is 58.1 Å². The predicted octanol–water partition coefficient (Wildman–Crippen LogP) is 4.43. The molecule has 0 amide bonds. The van der Waals surface area contributed by atoms with E-state index in [1.165, 1.54) is 12.1 Å². The molecule has 1 N–H and O–H groups in total. The monoisotopic (exact) mass is 373 g/mol. The lowest BCUT2D eigenvalue weighted by molar-refractivity contribution is 0.340. The van der Waals surface area contributed by atoms with E-state index in [1.54, 1.807) is 37.3 Å². The molecule has 0 aliphatic carbocycles. The highest BCUT2D eigenvalue weighted by atomic mass is 35.5. The molecule has 0 unspecified atom stereocenters. The number of rotatable bonds is 6. The van der Waals surface area contributed by atoms with Gasteiger partial charge in [-0.15, -0.1) is 0 Å². The SMILES string of the molecule is CCOc1ccc(S(=O)(=O)N[C@@H](C)c2ccc(Cl)cc2)cc1Cl. The van der Waals surface area contributed by atoms with Crippen LogP contribution < -0.4 is 9.46 Å². The van der Waals surface area contributed by atoms with E-state index in [9.17, 15) is 8.42 Å². The van der Waals surface area contributed by atoms with Crippen LogP contribution in [0.4, 0.5) is 0 Å². The van der Waals surface area contributed by atoms with Gasteiger partial charge in [-0.2, -0.15) is 0 Å². The van der Waals surface area contributed by atoms with Gasteiger partial charge in [0.2, 0.25) is 10.0 Å². The van der Waals surface area contributed by atoms with Crippen LogP contribution in [-0.4, -0.2) is 15.0 Å². The molecule has 0 fully saturated rings. The fourth-order valence-electron chi connectivity index (χ4n) is 2.04. The van der Waals surface area contributed by atoms with Crippen LogP contribution in [0.25, 0.3) is 0 Å². The van der Waals surface area contributed by atoms with Gasteiger partial charge in [0.05, 0.1) is 16.5 Å². The van der Waals surface area contributed by atoms with Crippen LogP contribution in [0.3, 0.4) is 0 Å². The Kier molecular flexibility index (Phi) is 5.92. The van der Waals surface area contributed by atoms with Gasteiger partial charge in [-0.1, -0.05) is 35.3 Å². The summed E-state index contributed by atoms with van der Waals surface area (Å²) < 4.78 is 32.9. The number of hydrogen-bond donors (Lipinski definition) is 1. The zero-order valence-corrected chi connectivity index (χ0v) is 15.0. The molecular weight excluding hydrogens is 357 g/mol. The molecule has 4 nitrogen and oxygen atoms in total. The molecule has 0 radical (unpaired) electrons. The third-order valence-electron chi connectivity index (χ3n) is 3.22. The molecule has 23 heavy (non-hydrogen) atoms. The topological polar surface area (TPSA) is 55.4 Å². The smallest absolute Gasteiger partial charge is 0.241 e. The summed E-state index contributed by atoms with van der Waals surface area (Å²) in [4.78, 5) is 0.0896. The van der Waals surface area contributed by atoms with Gasteiger partial charge in [0.15, 0.2) is 0 Å². The van der Waals surface area contributed by atoms with Crippen molar-refractivity contribution >= 4 is 33.2 Å². The lowest BCUT2D eigenvalue weighted by Crippen LogP contribution is -2.26. The minimum Gasteiger partial charge on any atom is -0.492 e. The van der Waals surface area contributed by atoms with Crippen molar-refractivity contribution < 1.29 is 13.2 Å². The van der Waals surface area contributed by atoms with Gasteiger partial charge >= 0.3 is 0 Å². The Labute approximate surface area is 146 Å². The van der Waals surface area contributed by atoms with E-state index in [-0.39, 0.29) is 9.92 Å². The summed E-state index contributed by atoms with van der Waals surface area (Å²) in [5, 5.41) is 0.857. The van der Waals surface area contributed by atoms with Gasteiger partial charge in [-0.05, 0) is 49.7 Å². The molecule has 0 saturated heterocycles. The van der Waals surface area contributed by atoms with Gasteiger partial charge in [0, 0.05) is 11.1 Å². The first kappa shape index (κ1) is 18.1. The summed E-state index contributed by atoms with van der Waals surface area (Å²) >= 11 is 11.9. The predicted molar refractivity (Wildman–Crippen MR) is 92.8 cm³/mol. The quantitative estimate of drug-likeness (QED) is 0.814. The number of nitrogens with one attached hydrogen (secondary N) is 1. The van der Waals surface area contributed by atoms with Crippen LogP contribution in [-0.2, 0) is 10.0 Å². The van der Waals surface area contributed by atoms with Gasteiger partial charge in [-0.25, -0.2) is 13.1 Å². The Morgan fingerprint density at radius 1 is 1.13 bits per heavy atom. The third kappa shape index (κ3) is 4.61. The van der Waals surface area contributed by atoms with E-state index in [0.29, 0.717) is 17.4 Å². The largest absolute Gasteiger partial charge is 0.492 e. The van der Waals surface area contributed by atoms with Gasteiger partial charge in [0.1, 0.15) is 5.75 Å². The Hall–Kier alpha value is -1.27. The number of ether oxygens (including phenoxy) is 1. The van der Waals surface area contributed by atoms with Crippen molar-refractivity contribution in [2.75, 3.05) is 6.61 Å². The van der Waals surface area contributed by atoms with Crippen LogP contribution in [0, 0.1) is 0 Å². The second-order valence-electron chi connectivity index (χ2n) is 4.92. The van der Waals surface area contributed by atoms with Crippen molar-refractivity contribution in [1.29, 1.82) is 0 Å². The highest BCUT2D eigenvalue weighted by Gasteiger charge is 2.19. The number of hydrogen-bond acceptors (Lipinski definition) is 3. The summed E-state index contributed by atoms with van der Waals surface area (Å²) in [6.45, 7) is 4.05. The fraction of sp³-hybridized carbons (Fsp3) is 0.250. The zero-order chi connectivity index (χ0) is 17.0. The molecule has 0 spiro atoms. The van der Waals surface area contributed by atoms with Crippen LogP contribution in [0.15, 0.2) is 47.4 Å². The normalized spacial score (nSPS) is 12.9. The van der Waals surface area contributed by atoms with E-state index in [4.69, 9.17) is 27.9 Å². The van der Waals surface area contributed by atoms with Crippen molar-refractivity contribution in [1.82, 2.24) is 4.72 Å². The Morgan fingerprint density at radius 2 is 1.78 bits per heavy atom. The van der Waals surface area contributed by atoms with E-state index in [0.717, 1.165) is 5.56 Å². The average Bonchev–Trinajstić information content (AvgIpc) is 2.49. The molecule has 124 valence electrons. The summed E-state index contributed by atoms with van der Waals surface area (Å²) in [6, 6.07) is 11.0. The molecule has 2 rings (SSSR count). The molecule has 0 aliphatic heterocycles. The maximum absolute atomic E-state index is 12.5. The van der Waals surface area contributed by atoms with Crippen LogP contribution >= 0.6 is 23.2 Å². The zero-order valence-electron chi connectivity index (χ0n) is 12.7. The number of sulfonamides is 1. The minimum atomic E-state index is -3.69. The average molecular weight is 374 g/mol. The third-order valence-corrected chi connectivity index (χ3v) is 5.30. The molecule has 0 aromatic heterocycles. The fourth-order valence-corrected chi connectivity index (χ4v) is 3.73.